The van der Waals surface area contributed by atoms with E-state index in [1.54, 1.807) is 26.0 Å². The molecule has 3 atom stereocenters. The summed E-state index contributed by atoms with van der Waals surface area (Å²) in [6.45, 7) is 4.84. The van der Waals surface area contributed by atoms with Crippen LogP contribution in [0, 0.1) is 12.8 Å². The van der Waals surface area contributed by atoms with E-state index in [1.807, 2.05) is 6.92 Å². The molecule has 1 aliphatic rings. The zero-order valence-corrected chi connectivity index (χ0v) is 19.6. The maximum atomic E-state index is 12.4. The van der Waals surface area contributed by atoms with E-state index in [9.17, 15) is 23.1 Å². The number of aliphatic hydroxyl groups is 1. The van der Waals surface area contributed by atoms with Crippen LogP contribution in [-0.2, 0) is 23.8 Å². The minimum absolute atomic E-state index is 0.00198. The van der Waals surface area contributed by atoms with Crippen molar-refractivity contribution in [3.63, 3.8) is 0 Å². The first kappa shape index (κ1) is 24.0. The summed E-state index contributed by atoms with van der Waals surface area (Å²) in [6.07, 6.45) is -1.32. The number of rotatable bonds is 7. The van der Waals surface area contributed by atoms with E-state index in [0.29, 0.717) is 0 Å². The lowest BCUT2D eigenvalue weighted by Gasteiger charge is -2.16. The van der Waals surface area contributed by atoms with Crippen LogP contribution in [0.25, 0.3) is 11.2 Å². The zero-order valence-electron chi connectivity index (χ0n) is 18.8. The predicted molar refractivity (Wildman–Crippen MR) is 120 cm³/mol. The van der Waals surface area contributed by atoms with Crippen molar-refractivity contribution in [2.75, 3.05) is 11.9 Å². The molecule has 0 aliphatic carbocycles. The maximum absolute atomic E-state index is 12.4. The summed E-state index contributed by atoms with van der Waals surface area (Å²) in [7, 11) is -4.03. The van der Waals surface area contributed by atoms with E-state index >= 15 is 0 Å². The van der Waals surface area contributed by atoms with Crippen LogP contribution < -0.4 is 10.9 Å². The Labute approximate surface area is 195 Å². The summed E-state index contributed by atoms with van der Waals surface area (Å²) >= 11 is 0. The van der Waals surface area contributed by atoms with Crippen molar-refractivity contribution in [3.05, 3.63) is 46.5 Å². The second-order valence-electron chi connectivity index (χ2n) is 8.37. The van der Waals surface area contributed by atoms with Crippen LogP contribution in [0.15, 0.2) is 40.3 Å². The van der Waals surface area contributed by atoms with Crippen molar-refractivity contribution in [3.8, 4) is 0 Å². The smallest absolute Gasteiger partial charge is 0.297 e. The van der Waals surface area contributed by atoms with Gasteiger partial charge in [-0.25, -0.2) is 4.98 Å². The van der Waals surface area contributed by atoms with Gasteiger partial charge in [-0.05, 0) is 19.1 Å². The number of aromatic amines is 1. The minimum Gasteiger partial charge on any atom is -0.390 e. The lowest BCUT2D eigenvalue weighted by atomic mass is 10.2. The van der Waals surface area contributed by atoms with Crippen molar-refractivity contribution in [1.29, 1.82) is 0 Å². The number of aliphatic hydroxyl groups excluding tert-OH is 1. The highest BCUT2D eigenvalue weighted by molar-refractivity contribution is 7.86. The monoisotopic (exact) mass is 491 g/mol. The summed E-state index contributed by atoms with van der Waals surface area (Å²) in [5.74, 6) is -0.690. The summed E-state index contributed by atoms with van der Waals surface area (Å²) in [6, 6.07) is 6.19. The molecular formula is C21H25N5O7S. The molecule has 1 aromatic carbocycles. The highest BCUT2D eigenvalue weighted by Gasteiger charge is 2.37. The van der Waals surface area contributed by atoms with Gasteiger partial charge in [-0.3, -0.25) is 28.6 Å². The fraction of sp³-hybridized carbons (Fsp3) is 0.429. The number of ether oxygens (including phenoxy) is 1. The van der Waals surface area contributed by atoms with Crippen LogP contribution >= 0.6 is 0 Å². The Balaban J connectivity index is 1.51. The summed E-state index contributed by atoms with van der Waals surface area (Å²) in [4.78, 5) is 35.1. The van der Waals surface area contributed by atoms with Gasteiger partial charge in [0.25, 0.3) is 15.7 Å². The normalized spacial score (nSPS) is 20.8. The molecule has 3 N–H and O–H groups in total. The van der Waals surface area contributed by atoms with Crippen LogP contribution in [-0.4, -0.2) is 57.8 Å². The van der Waals surface area contributed by atoms with Crippen LogP contribution in [0.3, 0.4) is 0 Å². The fourth-order valence-electron chi connectivity index (χ4n) is 3.42. The van der Waals surface area contributed by atoms with E-state index in [4.69, 9.17) is 8.92 Å². The molecule has 34 heavy (non-hydrogen) atoms. The zero-order chi connectivity index (χ0) is 24.6. The second kappa shape index (κ2) is 9.25. The van der Waals surface area contributed by atoms with Crippen LogP contribution in [0.1, 0.15) is 32.1 Å². The molecular weight excluding hydrogens is 466 g/mol. The highest BCUT2D eigenvalue weighted by Crippen LogP contribution is 2.31. The molecule has 2 aromatic heterocycles. The Morgan fingerprint density at radius 1 is 1.35 bits per heavy atom. The number of benzene rings is 1. The van der Waals surface area contributed by atoms with Gasteiger partial charge in [0.1, 0.15) is 12.3 Å². The lowest BCUT2D eigenvalue weighted by molar-refractivity contribution is -0.118. The third kappa shape index (κ3) is 4.87. The fourth-order valence-corrected chi connectivity index (χ4v) is 4.34. The average Bonchev–Trinajstić information content (AvgIpc) is 3.36. The number of fused-ring (bicyclic) bond motifs is 1. The quantitative estimate of drug-likeness (QED) is 0.410. The average molecular weight is 492 g/mol. The minimum atomic E-state index is -4.03. The number of imidazole rings is 1. The topological polar surface area (TPSA) is 165 Å². The van der Waals surface area contributed by atoms with Gasteiger partial charge in [0, 0.05) is 12.3 Å². The predicted octanol–water partition coefficient (Wildman–Crippen LogP) is 1.08. The molecule has 1 fully saturated rings. The Bertz CT molecular complexity index is 1360. The number of nitrogens with zero attached hydrogens (tertiary/aromatic N) is 3. The SMILES string of the molecule is Cc1ccc(S(=O)(=O)OC[C@@H]2O[C@H](n3cnc4c(=O)[nH]c(NC(=O)C(C)C)nc43)C[C@@H]2O)cc1. The number of hydrogen-bond acceptors (Lipinski definition) is 9. The van der Waals surface area contributed by atoms with E-state index in [-0.39, 0.29) is 40.3 Å². The Morgan fingerprint density at radius 2 is 2.06 bits per heavy atom. The Morgan fingerprint density at radius 3 is 2.74 bits per heavy atom. The molecule has 13 heteroatoms. The summed E-state index contributed by atoms with van der Waals surface area (Å²) < 4.78 is 37.3. The molecule has 1 saturated heterocycles. The number of nitrogens with one attached hydrogen (secondary N) is 2. The first-order valence-corrected chi connectivity index (χ1v) is 12.0. The third-order valence-electron chi connectivity index (χ3n) is 5.41. The molecule has 0 spiro atoms. The standard InChI is InChI=1S/C21H25N5O7S/c1-11(2)19(28)24-21-23-18-17(20(29)25-21)22-10-26(18)16-8-14(27)15(33-16)9-32-34(30,31)13-6-4-12(3)5-7-13/h4-7,10-11,14-16,27H,8-9H2,1-3H3,(H2,23,24,25,28,29)/t14-,15-,16-/m0/s1. The number of amides is 1. The van der Waals surface area contributed by atoms with Gasteiger partial charge in [0.15, 0.2) is 11.2 Å². The molecule has 3 heterocycles. The van der Waals surface area contributed by atoms with E-state index in [1.165, 1.54) is 23.0 Å². The number of H-pyrrole nitrogens is 1. The molecule has 1 amide bonds. The van der Waals surface area contributed by atoms with Gasteiger partial charge in [-0.2, -0.15) is 13.4 Å². The Hall–Kier alpha value is -3.13. The number of aromatic nitrogens is 4. The second-order valence-corrected chi connectivity index (χ2v) is 9.98. The van der Waals surface area contributed by atoms with Gasteiger partial charge in [-0.1, -0.05) is 31.5 Å². The van der Waals surface area contributed by atoms with Gasteiger partial charge in [0.2, 0.25) is 11.9 Å². The summed E-state index contributed by atoms with van der Waals surface area (Å²) in [5, 5.41) is 13.0. The third-order valence-corrected chi connectivity index (χ3v) is 6.71. The van der Waals surface area contributed by atoms with E-state index < -0.39 is 40.7 Å². The molecule has 0 radical (unpaired) electrons. The number of carbonyl (C=O) groups is 1. The van der Waals surface area contributed by atoms with Crippen molar-refractivity contribution in [2.45, 2.75) is 50.5 Å². The highest BCUT2D eigenvalue weighted by atomic mass is 32.2. The lowest BCUT2D eigenvalue weighted by Crippen LogP contribution is -2.28. The van der Waals surface area contributed by atoms with Crippen LogP contribution in [0.4, 0.5) is 5.95 Å². The Kier molecular flexibility index (Phi) is 6.53. The molecule has 1 aliphatic heterocycles. The molecule has 0 saturated carbocycles. The van der Waals surface area contributed by atoms with Gasteiger partial charge in [0.05, 0.1) is 23.9 Å². The molecule has 182 valence electrons. The van der Waals surface area contributed by atoms with Crippen molar-refractivity contribution >= 4 is 33.1 Å². The number of anilines is 1. The first-order chi connectivity index (χ1) is 16.0. The van der Waals surface area contributed by atoms with Crippen molar-refractivity contribution in [1.82, 2.24) is 19.5 Å². The van der Waals surface area contributed by atoms with Gasteiger partial charge >= 0.3 is 0 Å². The van der Waals surface area contributed by atoms with Crippen LogP contribution in [0.5, 0.6) is 0 Å². The van der Waals surface area contributed by atoms with Crippen LogP contribution in [0.2, 0.25) is 0 Å². The maximum Gasteiger partial charge on any atom is 0.297 e. The first-order valence-electron chi connectivity index (χ1n) is 10.6. The molecule has 3 aromatic rings. The van der Waals surface area contributed by atoms with Crippen molar-refractivity contribution < 1.29 is 27.2 Å². The summed E-state index contributed by atoms with van der Waals surface area (Å²) in [5.41, 5.74) is 0.532. The van der Waals surface area contributed by atoms with Gasteiger partial charge < -0.3 is 9.84 Å². The van der Waals surface area contributed by atoms with E-state index in [0.717, 1.165) is 5.56 Å². The molecule has 4 rings (SSSR count). The molecule has 0 unspecified atom stereocenters. The van der Waals surface area contributed by atoms with Crippen molar-refractivity contribution in [2.24, 2.45) is 5.92 Å². The largest absolute Gasteiger partial charge is 0.390 e. The number of hydrogen-bond donors (Lipinski definition) is 3. The van der Waals surface area contributed by atoms with E-state index in [2.05, 4.69) is 20.3 Å². The number of carbonyl (C=O) groups excluding carboxylic acids is 1. The van der Waals surface area contributed by atoms with Gasteiger partial charge in [-0.15, -0.1) is 0 Å². The number of aryl methyl sites for hydroxylation is 1. The molecule has 0 bridgehead atoms. The molecule has 12 nitrogen and oxygen atoms in total.